The molecule has 0 fully saturated rings. The van der Waals surface area contributed by atoms with E-state index in [1.165, 1.54) is 22.5 Å². The number of amides is 1. The Bertz CT molecular complexity index is 1090. The maximum Gasteiger partial charge on any atom is 0.340 e. The van der Waals surface area contributed by atoms with Gasteiger partial charge in [0.2, 0.25) is 0 Å². The van der Waals surface area contributed by atoms with Crippen molar-refractivity contribution in [3.8, 4) is 0 Å². The van der Waals surface area contributed by atoms with Gasteiger partial charge in [-0.3, -0.25) is 9.10 Å². The minimum Gasteiger partial charge on any atom is -0.452 e. The molecule has 1 amide bonds. The number of benzene rings is 2. The Morgan fingerprint density at radius 1 is 1.06 bits per heavy atom. The third-order valence-electron chi connectivity index (χ3n) is 4.81. The van der Waals surface area contributed by atoms with Gasteiger partial charge in [0.1, 0.15) is 0 Å². The van der Waals surface area contributed by atoms with Crippen molar-refractivity contribution in [3.05, 3.63) is 71.8 Å². The molecule has 0 spiro atoms. The fourth-order valence-electron chi connectivity index (χ4n) is 3.45. The Morgan fingerprint density at radius 3 is 2.21 bits per heavy atom. The normalized spacial score (nSPS) is 11.4. The molecular formula is C24H29ClN2O5S. The van der Waals surface area contributed by atoms with E-state index in [0.29, 0.717) is 5.69 Å². The molecule has 0 saturated heterocycles. The molecule has 0 aromatic heterocycles. The van der Waals surface area contributed by atoms with Crippen LogP contribution >= 0.6 is 11.6 Å². The molecule has 0 aliphatic rings. The van der Waals surface area contributed by atoms with Crippen LogP contribution in [0, 0.1) is 0 Å². The van der Waals surface area contributed by atoms with Gasteiger partial charge in [-0.05, 0) is 58.0 Å². The molecule has 0 aliphatic heterocycles. The van der Waals surface area contributed by atoms with Crippen LogP contribution in [0.2, 0.25) is 5.02 Å². The highest BCUT2D eigenvalue weighted by Gasteiger charge is 2.27. The van der Waals surface area contributed by atoms with Crippen molar-refractivity contribution >= 4 is 39.2 Å². The Balaban J connectivity index is 2.32. The summed E-state index contributed by atoms with van der Waals surface area (Å²) in [6.07, 6.45) is 1.47. The number of sulfonamides is 1. The molecular weight excluding hydrogens is 464 g/mol. The number of para-hydroxylation sites is 1. The Hall–Kier alpha value is -2.84. The Morgan fingerprint density at radius 2 is 1.67 bits per heavy atom. The topological polar surface area (TPSA) is 84.0 Å². The van der Waals surface area contributed by atoms with E-state index in [-0.39, 0.29) is 40.0 Å². The summed E-state index contributed by atoms with van der Waals surface area (Å²) in [5, 5.41) is 0.0194. The summed E-state index contributed by atoms with van der Waals surface area (Å²) in [6.45, 7) is 10.7. The second-order valence-corrected chi connectivity index (χ2v) is 10.1. The number of halogens is 1. The standard InChI is InChI=1S/C24H29ClN2O5S/c1-6-14-26(19-10-8-7-9-11-19)33(30,31)20-12-13-22(25)21(15-20)24(29)32-16-23(28)27(17(2)3)18(4)5/h6-13,15,17-18H,1,14,16H2,2-5H3. The van der Waals surface area contributed by atoms with Crippen molar-refractivity contribution in [2.45, 2.75) is 44.7 Å². The van der Waals surface area contributed by atoms with Gasteiger partial charge in [-0.2, -0.15) is 0 Å². The van der Waals surface area contributed by atoms with Gasteiger partial charge < -0.3 is 9.64 Å². The highest BCUT2D eigenvalue weighted by atomic mass is 35.5. The maximum atomic E-state index is 13.3. The highest BCUT2D eigenvalue weighted by Crippen LogP contribution is 2.27. The third-order valence-corrected chi connectivity index (χ3v) is 6.93. The number of carbonyl (C=O) groups is 2. The maximum absolute atomic E-state index is 13.3. The van der Waals surface area contributed by atoms with Crippen molar-refractivity contribution in [1.82, 2.24) is 4.90 Å². The largest absolute Gasteiger partial charge is 0.452 e. The van der Waals surface area contributed by atoms with Crippen molar-refractivity contribution < 1.29 is 22.7 Å². The van der Waals surface area contributed by atoms with Crippen LogP contribution in [0.5, 0.6) is 0 Å². The first-order chi connectivity index (χ1) is 15.5. The van der Waals surface area contributed by atoms with Gasteiger partial charge in [-0.15, -0.1) is 6.58 Å². The summed E-state index contributed by atoms with van der Waals surface area (Å²) in [4.78, 5) is 26.6. The summed E-state index contributed by atoms with van der Waals surface area (Å²) in [6, 6.07) is 12.2. The molecule has 0 atom stereocenters. The zero-order valence-electron chi connectivity index (χ0n) is 19.2. The van der Waals surface area contributed by atoms with Crippen LogP contribution in [0.4, 0.5) is 5.69 Å². The number of ether oxygens (including phenoxy) is 1. The number of hydrogen-bond donors (Lipinski definition) is 0. The summed E-state index contributed by atoms with van der Waals surface area (Å²) in [7, 11) is -4.04. The molecule has 33 heavy (non-hydrogen) atoms. The second kappa shape index (κ2) is 11.3. The first-order valence-electron chi connectivity index (χ1n) is 10.5. The zero-order valence-corrected chi connectivity index (χ0v) is 20.8. The molecule has 2 rings (SSSR count). The molecule has 0 unspecified atom stereocenters. The lowest BCUT2D eigenvalue weighted by Gasteiger charge is -2.30. The molecule has 0 saturated carbocycles. The quantitative estimate of drug-likeness (QED) is 0.359. The van der Waals surface area contributed by atoms with Crippen LogP contribution in [0.1, 0.15) is 38.1 Å². The van der Waals surface area contributed by atoms with Crippen LogP contribution in [-0.4, -0.2) is 50.4 Å². The van der Waals surface area contributed by atoms with Gasteiger partial charge in [0.05, 0.1) is 27.7 Å². The Labute approximate surface area is 200 Å². The van der Waals surface area contributed by atoms with Crippen molar-refractivity contribution in [2.24, 2.45) is 0 Å². The second-order valence-electron chi connectivity index (χ2n) is 7.87. The fraction of sp³-hybridized carbons (Fsp3) is 0.333. The lowest BCUT2D eigenvalue weighted by molar-refractivity contribution is -0.138. The van der Waals surface area contributed by atoms with Gasteiger partial charge in [0.25, 0.3) is 15.9 Å². The number of anilines is 1. The van der Waals surface area contributed by atoms with E-state index in [4.69, 9.17) is 16.3 Å². The van der Waals surface area contributed by atoms with Crippen LogP contribution in [0.25, 0.3) is 0 Å². The van der Waals surface area contributed by atoms with Gasteiger partial charge >= 0.3 is 5.97 Å². The lowest BCUT2D eigenvalue weighted by Crippen LogP contribution is -2.44. The monoisotopic (exact) mass is 492 g/mol. The molecule has 9 heteroatoms. The SMILES string of the molecule is C=CCN(c1ccccc1)S(=O)(=O)c1ccc(Cl)c(C(=O)OCC(=O)N(C(C)C)C(C)C)c1. The molecule has 7 nitrogen and oxygen atoms in total. The van der Waals surface area contributed by atoms with Gasteiger partial charge in [-0.1, -0.05) is 35.9 Å². The third kappa shape index (κ3) is 6.36. The molecule has 0 heterocycles. The number of hydrogen-bond acceptors (Lipinski definition) is 5. The van der Waals surface area contributed by atoms with E-state index < -0.39 is 22.6 Å². The highest BCUT2D eigenvalue weighted by molar-refractivity contribution is 7.92. The molecule has 2 aromatic rings. The minimum absolute atomic E-state index is 0.0194. The number of rotatable bonds is 10. The molecule has 2 aromatic carbocycles. The van der Waals surface area contributed by atoms with Gasteiger partial charge in [0.15, 0.2) is 6.61 Å². The van der Waals surface area contributed by atoms with E-state index in [2.05, 4.69) is 6.58 Å². The predicted octanol–water partition coefficient (Wildman–Crippen LogP) is 4.52. The molecule has 0 aliphatic carbocycles. The zero-order chi connectivity index (χ0) is 24.8. The van der Waals surface area contributed by atoms with Crippen LogP contribution in [-0.2, 0) is 19.6 Å². The minimum atomic E-state index is -4.04. The number of esters is 1. The first kappa shape index (κ1) is 26.4. The van der Waals surface area contributed by atoms with Crippen LogP contribution < -0.4 is 4.31 Å². The van der Waals surface area contributed by atoms with Crippen molar-refractivity contribution in [1.29, 1.82) is 0 Å². The molecule has 178 valence electrons. The van der Waals surface area contributed by atoms with Crippen LogP contribution in [0.3, 0.4) is 0 Å². The molecule has 0 N–H and O–H groups in total. The predicted molar refractivity (Wildman–Crippen MR) is 130 cm³/mol. The first-order valence-corrected chi connectivity index (χ1v) is 12.3. The number of nitrogens with zero attached hydrogens (tertiary/aromatic N) is 2. The lowest BCUT2D eigenvalue weighted by atomic mass is 10.2. The van der Waals surface area contributed by atoms with Crippen LogP contribution in [0.15, 0.2) is 66.1 Å². The summed E-state index contributed by atoms with van der Waals surface area (Å²) in [5.74, 6) is -1.23. The van der Waals surface area contributed by atoms with Crippen molar-refractivity contribution in [2.75, 3.05) is 17.5 Å². The number of carbonyl (C=O) groups excluding carboxylic acids is 2. The molecule has 0 bridgehead atoms. The summed E-state index contributed by atoms with van der Waals surface area (Å²) in [5.41, 5.74) is 0.308. The van der Waals surface area contributed by atoms with E-state index in [9.17, 15) is 18.0 Å². The van der Waals surface area contributed by atoms with E-state index in [1.54, 1.807) is 35.2 Å². The van der Waals surface area contributed by atoms with E-state index in [1.807, 2.05) is 27.7 Å². The summed E-state index contributed by atoms with van der Waals surface area (Å²) >= 11 is 6.16. The Kier molecular flexibility index (Phi) is 9.07. The average Bonchev–Trinajstić information content (AvgIpc) is 2.76. The van der Waals surface area contributed by atoms with E-state index >= 15 is 0 Å². The van der Waals surface area contributed by atoms with Gasteiger partial charge in [-0.25, -0.2) is 13.2 Å². The average molecular weight is 493 g/mol. The molecule has 0 radical (unpaired) electrons. The summed E-state index contributed by atoms with van der Waals surface area (Å²) < 4.78 is 33.0. The van der Waals surface area contributed by atoms with Crippen molar-refractivity contribution in [3.63, 3.8) is 0 Å². The van der Waals surface area contributed by atoms with E-state index in [0.717, 1.165) is 6.07 Å². The van der Waals surface area contributed by atoms with Gasteiger partial charge in [0, 0.05) is 12.1 Å². The smallest absolute Gasteiger partial charge is 0.340 e. The fourth-order valence-corrected chi connectivity index (χ4v) is 5.11.